The highest BCUT2D eigenvalue weighted by Gasteiger charge is 2.22. The Morgan fingerprint density at radius 1 is 1.04 bits per heavy atom. The number of carbonyl (C=O) groups excluding carboxylic acids is 1. The van der Waals surface area contributed by atoms with Gasteiger partial charge in [0.25, 0.3) is 0 Å². The summed E-state index contributed by atoms with van der Waals surface area (Å²) in [6.45, 7) is 3.99. The average molecular weight is 318 g/mol. The molecule has 2 aromatic carbocycles. The van der Waals surface area contributed by atoms with Gasteiger partial charge in [0.05, 0.1) is 5.54 Å². The van der Waals surface area contributed by atoms with E-state index in [0.717, 1.165) is 5.56 Å². The van der Waals surface area contributed by atoms with E-state index in [1.807, 2.05) is 13.8 Å². The van der Waals surface area contributed by atoms with Crippen LogP contribution in [0, 0.1) is 11.6 Å². The van der Waals surface area contributed by atoms with Gasteiger partial charge in [-0.2, -0.15) is 0 Å². The number of urea groups is 1. The van der Waals surface area contributed by atoms with Crippen molar-refractivity contribution >= 4 is 6.03 Å². The van der Waals surface area contributed by atoms with Crippen LogP contribution >= 0.6 is 0 Å². The fraction of sp³-hybridized carbons (Fsp3) is 0.278. The largest absolute Gasteiger partial charge is 0.338 e. The molecule has 23 heavy (non-hydrogen) atoms. The Morgan fingerprint density at radius 3 is 2.35 bits per heavy atom. The summed E-state index contributed by atoms with van der Waals surface area (Å²) in [6.07, 6.45) is 0.414. The van der Waals surface area contributed by atoms with Gasteiger partial charge >= 0.3 is 6.03 Å². The lowest BCUT2D eigenvalue weighted by Crippen LogP contribution is -2.46. The summed E-state index contributed by atoms with van der Waals surface area (Å²) in [5, 5.41) is 5.53. The summed E-state index contributed by atoms with van der Waals surface area (Å²) in [5.41, 5.74) is 0.712. The number of hydrogen-bond acceptors (Lipinski definition) is 1. The lowest BCUT2D eigenvalue weighted by molar-refractivity contribution is 0.230. The van der Waals surface area contributed by atoms with E-state index in [1.165, 1.54) is 18.2 Å². The van der Waals surface area contributed by atoms with Gasteiger partial charge in [0.15, 0.2) is 0 Å². The molecule has 0 saturated carbocycles. The van der Waals surface area contributed by atoms with Crippen molar-refractivity contribution in [1.29, 1.82) is 0 Å². The van der Waals surface area contributed by atoms with Crippen molar-refractivity contribution in [3.05, 3.63) is 71.3 Å². The number of benzene rings is 2. The first-order valence-corrected chi connectivity index (χ1v) is 7.44. The fourth-order valence-corrected chi connectivity index (χ4v) is 2.28. The maximum absolute atomic E-state index is 13.5. The van der Waals surface area contributed by atoms with Crippen LogP contribution in [0.5, 0.6) is 0 Å². The third-order valence-corrected chi connectivity index (χ3v) is 3.63. The quantitative estimate of drug-likeness (QED) is 0.866. The molecule has 2 N–H and O–H groups in total. The summed E-state index contributed by atoms with van der Waals surface area (Å²) in [7, 11) is 0. The zero-order valence-corrected chi connectivity index (χ0v) is 13.2. The van der Waals surface area contributed by atoms with Crippen molar-refractivity contribution in [3.63, 3.8) is 0 Å². The maximum atomic E-state index is 13.5. The summed E-state index contributed by atoms with van der Waals surface area (Å²) in [5.74, 6) is -0.597. The van der Waals surface area contributed by atoms with Crippen molar-refractivity contribution in [2.24, 2.45) is 0 Å². The zero-order valence-electron chi connectivity index (χ0n) is 13.2. The van der Waals surface area contributed by atoms with Crippen LogP contribution in [0.3, 0.4) is 0 Å². The minimum atomic E-state index is -0.643. The molecule has 2 amide bonds. The standard InChI is InChI=1S/C18H20F2N2O/c1-18(2,14-7-9-15(19)10-8-14)22-17(23)21-12-11-13-5-3-4-6-16(13)20/h3-10H,11-12H2,1-2H3,(H2,21,22,23). The molecule has 3 nitrogen and oxygen atoms in total. The number of halogens is 2. The summed E-state index contributed by atoms with van der Waals surface area (Å²) in [4.78, 5) is 12.0. The summed E-state index contributed by atoms with van der Waals surface area (Å²) in [6, 6.07) is 12.1. The first kappa shape index (κ1) is 16.9. The monoisotopic (exact) mass is 318 g/mol. The molecule has 0 fully saturated rings. The molecule has 0 saturated heterocycles. The second-order valence-corrected chi connectivity index (χ2v) is 5.85. The lowest BCUT2D eigenvalue weighted by atomic mass is 9.94. The maximum Gasteiger partial charge on any atom is 0.315 e. The third-order valence-electron chi connectivity index (χ3n) is 3.63. The van der Waals surface area contributed by atoms with Gasteiger partial charge in [0, 0.05) is 6.54 Å². The number of carbonyl (C=O) groups is 1. The number of hydrogen-bond donors (Lipinski definition) is 2. The molecule has 2 aromatic rings. The van der Waals surface area contributed by atoms with Crippen LogP contribution in [-0.2, 0) is 12.0 Å². The van der Waals surface area contributed by atoms with Crippen LogP contribution in [0.2, 0.25) is 0 Å². The third kappa shape index (κ3) is 4.77. The highest BCUT2D eigenvalue weighted by molar-refractivity contribution is 5.75. The zero-order chi connectivity index (χ0) is 16.9. The molecular formula is C18H20F2N2O. The van der Waals surface area contributed by atoms with Gasteiger partial charge in [-0.25, -0.2) is 13.6 Å². The van der Waals surface area contributed by atoms with Crippen molar-refractivity contribution in [2.45, 2.75) is 25.8 Å². The SMILES string of the molecule is CC(C)(NC(=O)NCCc1ccccc1F)c1ccc(F)cc1. The topological polar surface area (TPSA) is 41.1 Å². The van der Waals surface area contributed by atoms with Gasteiger partial charge in [-0.05, 0) is 49.6 Å². The Kier molecular flexibility index (Phi) is 5.32. The first-order valence-electron chi connectivity index (χ1n) is 7.44. The summed E-state index contributed by atoms with van der Waals surface area (Å²) >= 11 is 0. The van der Waals surface area contributed by atoms with Crippen molar-refractivity contribution in [2.75, 3.05) is 6.54 Å². The molecule has 0 aliphatic heterocycles. The molecule has 0 aliphatic rings. The van der Waals surface area contributed by atoms with E-state index in [4.69, 9.17) is 0 Å². The average Bonchev–Trinajstić information content (AvgIpc) is 2.49. The van der Waals surface area contributed by atoms with Crippen LogP contribution in [0.4, 0.5) is 13.6 Å². The molecule has 0 unspecified atom stereocenters. The lowest BCUT2D eigenvalue weighted by Gasteiger charge is -2.27. The first-order chi connectivity index (χ1) is 10.9. The Bertz CT molecular complexity index is 669. The van der Waals surface area contributed by atoms with Crippen LogP contribution < -0.4 is 10.6 Å². The van der Waals surface area contributed by atoms with Crippen LogP contribution in [0.25, 0.3) is 0 Å². The van der Waals surface area contributed by atoms with Gasteiger partial charge in [0.1, 0.15) is 11.6 Å². The molecule has 0 spiro atoms. The van der Waals surface area contributed by atoms with Crippen molar-refractivity contribution in [1.82, 2.24) is 10.6 Å². The van der Waals surface area contributed by atoms with Crippen LogP contribution in [0.15, 0.2) is 48.5 Å². The normalized spacial score (nSPS) is 11.1. The number of amides is 2. The predicted octanol–water partition coefficient (Wildman–Crippen LogP) is 3.74. The molecular weight excluding hydrogens is 298 g/mol. The van der Waals surface area contributed by atoms with E-state index in [2.05, 4.69) is 10.6 Å². The Morgan fingerprint density at radius 2 is 1.70 bits per heavy atom. The molecule has 0 aliphatic carbocycles. The van der Waals surface area contributed by atoms with E-state index in [1.54, 1.807) is 30.3 Å². The number of nitrogens with one attached hydrogen (secondary N) is 2. The van der Waals surface area contributed by atoms with E-state index < -0.39 is 5.54 Å². The molecule has 0 heterocycles. The molecule has 0 aromatic heterocycles. The van der Waals surface area contributed by atoms with E-state index in [0.29, 0.717) is 18.5 Å². The highest BCUT2D eigenvalue weighted by Crippen LogP contribution is 2.20. The van der Waals surface area contributed by atoms with Crippen LogP contribution in [-0.4, -0.2) is 12.6 Å². The minimum Gasteiger partial charge on any atom is -0.338 e. The summed E-state index contributed by atoms with van der Waals surface area (Å²) < 4.78 is 26.4. The Balaban J connectivity index is 1.86. The van der Waals surface area contributed by atoms with Crippen molar-refractivity contribution < 1.29 is 13.6 Å². The van der Waals surface area contributed by atoms with Gasteiger partial charge in [-0.15, -0.1) is 0 Å². The molecule has 122 valence electrons. The molecule has 0 radical (unpaired) electrons. The highest BCUT2D eigenvalue weighted by atomic mass is 19.1. The van der Waals surface area contributed by atoms with Gasteiger partial charge in [-0.1, -0.05) is 30.3 Å². The van der Waals surface area contributed by atoms with Gasteiger partial charge in [0.2, 0.25) is 0 Å². The Hall–Kier alpha value is -2.43. The molecule has 5 heteroatoms. The Labute approximate surface area is 134 Å². The van der Waals surface area contributed by atoms with Crippen LogP contribution in [0.1, 0.15) is 25.0 Å². The second kappa shape index (κ2) is 7.22. The van der Waals surface area contributed by atoms with E-state index in [-0.39, 0.29) is 17.7 Å². The second-order valence-electron chi connectivity index (χ2n) is 5.85. The van der Waals surface area contributed by atoms with Crippen molar-refractivity contribution in [3.8, 4) is 0 Å². The van der Waals surface area contributed by atoms with E-state index in [9.17, 15) is 13.6 Å². The minimum absolute atomic E-state index is 0.277. The molecule has 0 bridgehead atoms. The fourth-order valence-electron chi connectivity index (χ4n) is 2.28. The molecule has 0 atom stereocenters. The predicted molar refractivity (Wildman–Crippen MR) is 86.1 cm³/mol. The smallest absolute Gasteiger partial charge is 0.315 e. The van der Waals surface area contributed by atoms with Gasteiger partial charge in [-0.3, -0.25) is 0 Å². The number of rotatable bonds is 5. The van der Waals surface area contributed by atoms with E-state index >= 15 is 0 Å². The van der Waals surface area contributed by atoms with Gasteiger partial charge < -0.3 is 10.6 Å². The molecule has 2 rings (SSSR count).